The second-order valence-corrected chi connectivity index (χ2v) is 3.95. The quantitative estimate of drug-likeness (QED) is 0.757. The number of rotatable bonds is 4. The number of carbonyl (C=O) groups excluding carboxylic acids is 1. The van der Waals surface area contributed by atoms with Crippen LogP contribution in [0.2, 0.25) is 5.15 Å². The van der Waals surface area contributed by atoms with Gasteiger partial charge in [0.05, 0.1) is 12.4 Å². The Balaban J connectivity index is 2.89. The Labute approximate surface area is 100.0 Å². The molecule has 4 nitrogen and oxygen atoms in total. The first-order chi connectivity index (χ1) is 7.56. The highest BCUT2D eigenvalue weighted by molar-refractivity contribution is 6.29. The van der Waals surface area contributed by atoms with E-state index < -0.39 is 0 Å². The predicted octanol–water partition coefficient (Wildman–Crippen LogP) is 2.17. The van der Waals surface area contributed by atoms with Crippen LogP contribution in [-0.2, 0) is 0 Å². The van der Waals surface area contributed by atoms with Crippen LogP contribution in [0.1, 0.15) is 24.3 Å². The van der Waals surface area contributed by atoms with Gasteiger partial charge in [-0.25, -0.2) is 9.97 Å². The minimum atomic E-state index is -0.168. The summed E-state index contributed by atoms with van der Waals surface area (Å²) in [4.78, 5) is 21.5. The summed E-state index contributed by atoms with van der Waals surface area (Å²) in [6, 6.07) is 0.0861. The van der Waals surface area contributed by atoms with Crippen molar-refractivity contribution in [1.82, 2.24) is 14.9 Å². The maximum absolute atomic E-state index is 12.0. The lowest BCUT2D eigenvalue weighted by Crippen LogP contribution is -2.37. The average molecular weight is 240 g/mol. The van der Waals surface area contributed by atoms with Crippen molar-refractivity contribution in [2.24, 2.45) is 0 Å². The zero-order chi connectivity index (χ0) is 12.1. The van der Waals surface area contributed by atoms with E-state index in [0.717, 1.165) is 0 Å². The maximum Gasteiger partial charge on any atom is 0.274 e. The van der Waals surface area contributed by atoms with E-state index in [1.54, 1.807) is 11.0 Å². The molecule has 0 spiro atoms. The minimum absolute atomic E-state index is 0.0861. The molecule has 0 aliphatic carbocycles. The number of halogens is 1. The third-order valence-electron chi connectivity index (χ3n) is 2.05. The van der Waals surface area contributed by atoms with Gasteiger partial charge in [0.25, 0.3) is 5.91 Å². The molecule has 0 aliphatic rings. The molecule has 0 atom stereocenters. The molecule has 0 bridgehead atoms. The van der Waals surface area contributed by atoms with Crippen molar-refractivity contribution >= 4 is 17.5 Å². The van der Waals surface area contributed by atoms with Gasteiger partial charge in [-0.1, -0.05) is 17.7 Å². The van der Waals surface area contributed by atoms with Crippen LogP contribution < -0.4 is 0 Å². The molecule has 0 N–H and O–H groups in total. The topological polar surface area (TPSA) is 46.1 Å². The molecule has 0 radical (unpaired) electrons. The summed E-state index contributed by atoms with van der Waals surface area (Å²) in [6.07, 6.45) is 4.42. The number of carbonyl (C=O) groups is 1. The summed E-state index contributed by atoms with van der Waals surface area (Å²) in [6.45, 7) is 7.98. The van der Waals surface area contributed by atoms with Crippen molar-refractivity contribution < 1.29 is 4.79 Å². The predicted molar refractivity (Wildman–Crippen MR) is 63.4 cm³/mol. The van der Waals surface area contributed by atoms with Crippen LogP contribution in [-0.4, -0.2) is 33.4 Å². The highest BCUT2D eigenvalue weighted by atomic mass is 35.5. The van der Waals surface area contributed by atoms with Gasteiger partial charge in [-0.3, -0.25) is 4.79 Å². The SMILES string of the molecule is C=CCN(C(=O)c1cnc(Cl)cn1)C(C)C. The molecule has 86 valence electrons. The Hall–Kier alpha value is -1.42. The maximum atomic E-state index is 12.0. The summed E-state index contributed by atoms with van der Waals surface area (Å²) in [5, 5.41) is 0.274. The Morgan fingerprint density at radius 2 is 2.25 bits per heavy atom. The van der Waals surface area contributed by atoms with Crippen molar-refractivity contribution in [3.63, 3.8) is 0 Å². The fourth-order valence-electron chi connectivity index (χ4n) is 1.24. The monoisotopic (exact) mass is 239 g/mol. The zero-order valence-electron chi connectivity index (χ0n) is 9.35. The first-order valence-electron chi connectivity index (χ1n) is 4.95. The van der Waals surface area contributed by atoms with Gasteiger partial charge < -0.3 is 4.90 Å². The highest BCUT2D eigenvalue weighted by Crippen LogP contribution is 2.07. The summed E-state index contributed by atoms with van der Waals surface area (Å²) in [5.74, 6) is -0.168. The Kier molecular flexibility index (Phi) is 4.43. The second-order valence-electron chi connectivity index (χ2n) is 3.56. The molecule has 1 aromatic rings. The Bertz CT molecular complexity index is 375. The lowest BCUT2D eigenvalue weighted by Gasteiger charge is -2.24. The summed E-state index contributed by atoms with van der Waals surface area (Å²) < 4.78 is 0. The minimum Gasteiger partial charge on any atom is -0.331 e. The fraction of sp³-hybridized carbons (Fsp3) is 0.364. The van der Waals surface area contributed by atoms with Crippen molar-refractivity contribution in [1.29, 1.82) is 0 Å². The van der Waals surface area contributed by atoms with E-state index in [0.29, 0.717) is 12.2 Å². The molecular formula is C11H14ClN3O. The van der Waals surface area contributed by atoms with Gasteiger partial charge in [0.1, 0.15) is 10.8 Å². The van der Waals surface area contributed by atoms with E-state index in [-0.39, 0.29) is 17.1 Å². The number of amides is 1. The van der Waals surface area contributed by atoms with Gasteiger partial charge in [-0.05, 0) is 13.8 Å². The number of nitrogens with zero attached hydrogens (tertiary/aromatic N) is 3. The summed E-state index contributed by atoms with van der Waals surface area (Å²) in [7, 11) is 0. The van der Waals surface area contributed by atoms with E-state index in [4.69, 9.17) is 11.6 Å². The van der Waals surface area contributed by atoms with Crippen LogP contribution in [0.25, 0.3) is 0 Å². The van der Waals surface area contributed by atoms with Crippen molar-refractivity contribution in [2.45, 2.75) is 19.9 Å². The van der Waals surface area contributed by atoms with Crippen LogP contribution in [0.15, 0.2) is 25.0 Å². The van der Waals surface area contributed by atoms with E-state index in [1.165, 1.54) is 12.4 Å². The molecule has 1 aromatic heterocycles. The van der Waals surface area contributed by atoms with Crippen LogP contribution in [0.3, 0.4) is 0 Å². The molecule has 0 aliphatic heterocycles. The van der Waals surface area contributed by atoms with Crippen molar-refractivity contribution in [3.05, 3.63) is 35.9 Å². The van der Waals surface area contributed by atoms with E-state index in [1.807, 2.05) is 13.8 Å². The number of aromatic nitrogens is 2. The van der Waals surface area contributed by atoms with Crippen LogP contribution in [0, 0.1) is 0 Å². The smallest absolute Gasteiger partial charge is 0.274 e. The van der Waals surface area contributed by atoms with Gasteiger partial charge >= 0.3 is 0 Å². The van der Waals surface area contributed by atoms with Crippen LogP contribution in [0.4, 0.5) is 0 Å². The fourth-order valence-corrected chi connectivity index (χ4v) is 1.33. The first-order valence-corrected chi connectivity index (χ1v) is 5.33. The molecule has 1 amide bonds. The van der Waals surface area contributed by atoms with Gasteiger partial charge in [0, 0.05) is 12.6 Å². The van der Waals surface area contributed by atoms with Gasteiger partial charge in [-0.2, -0.15) is 0 Å². The van der Waals surface area contributed by atoms with Crippen molar-refractivity contribution in [2.75, 3.05) is 6.54 Å². The molecule has 1 heterocycles. The van der Waals surface area contributed by atoms with Crippen LogP contribution in [0.5, 0.6) is 0 Å². The van der Waals surface area contributed by atoms with Crippen LogP contribution >= 0.6 is 11.6 Å². The highest BCUT2D eigenvalue weighted by Gasteiger charge is 2.18. The van der Waals surface area contributed by atoms with Crippen molar-refractivity contribution in [3.8, 4) is 0 Å². The average Bonchev–Trinajstić information content (AvgIpc) is 2.25. The zero-order valence-corrected chi connectivity index (χ0v) is 10.1. The molecular weight excluding hydrogens is 226 g/mol. The van der Waals surface area contributed by atoms with E-state index >= 15 is 0 Å². The van der Waals surface area contributed by atoms with Gasteiger partial charge in [-0.15, -0.1) is 6.58 Å². The van der Waals surface area contributed by atoms with Gasteiger partial charge in [0.15, 0.2) is 0 Å². The second kappa shape index (κ2) is 5.61. The number of hydrogen-bond donors (Lipinski definition) is 0. The molecule has 0 unspecified atom stereocenters. The van der Waals surface area contributed by atoms with E-state index in [9.17, 15) is 4.79 Å². The summed E-state index contributed by atoms with van der Waals surface area (Å²) >= 11 is 5.60. The number of hydrogen-bond acceptors (Lipinski definition) is 3. The molecule has 16 heavy (non-hydrogen) atoms. The molecule has 5 heteroatoms. The third-order valence-corrected chi connectivity index (χ3v) is 2.24. The molecule has 0 saturated carbocycles. The molecule has 1 rings (SSSR count). The Morgan fingerprint density at radius 1 is 1.56 bits per heavy atom. The van der Waals surface area contributed by atoms with E-state index in [2.05, 4.69) is 16.5 Å². The first kappa shape index (κ1) is 12.6. The lowest BCUT2D eigenvalue weighted by atomic mass is 10.2. The molecule has 0 fully saturated rings. The largest absolute Gasteiger partial charge is 0.331 e. The molecule has 0 saturated heterocycles. The normalized spacial score (nSPS) is 10.2. The Morgan fingerprint density at radius 3 is 2.69 bits per heavy atom. The lowest BCUT2D eigenvalue weighted by molar-refractivity contribution is 0.0722. The molecule has 0 aromatic carbocycles. The standard InChI is InChI=1S/C11H14ClN3O/c1-4-5-15(8(2)3)11(16)9-6-14-10(12)7-13-9/h4,6-8H,1,5H2,2-3H3. The summed E-state index contributed by atoms with van der Waals surface area (Å²) in [5.41, 5.74) is 0.292. The third kappa shape index (κ3) is 3.03. The van der Waals surface area contributed by atoms with Gasteiger partial charge in [0.2, 0.25) is 0 Å².